The molecule has 4 rings (SSSR count). The molecule has 7 nitrogen and oxygen atoms in total. The van der Waals surface area contributed by atoms with Crippen molar-refractivity contribution in [3.8, 4) is 23.0 Å². The van der Waals surface area contributed by atoms with E-state index in [-0.39, 0.29) is 22.7 Å². The van der Waals surface area contributed by atoms with Crippen molar-refractivity contribution in [1.29, 1.82) is 0 Å². The summed E-state index contributed by atoms with van der Waals surface area (Å²) in [5.74, 6) is 1.82. The number of methoxy groups -OCH3 is 2. The average molecular weight is 418 g/mol. The first kappa shape index (κ1) is 19.2. The first-order chi connectivity index (χ1) is 14.1. The van der Waals surface area contributed by atoms with E-state index in [9.17, 15) is 8.78 Å². The van der Waals surface area contributed by atoms with Crippen LogP contribution in [0, 0.1) is 0 Å². The minimum absolute atomic E-state index is 0.155. The molecule has 2 aromatic carbocycles. The van der Waals surface area contributed by atoms with Crippen molar-refractivity contribution in [2.45, 2.75) is 17.5 Å². The third-order valence-corrected chi connectivity index (χ3v) is 5.01. The number of alkyl halides is 2. The molecule has 0 radical (unpaired) electrons. The number of rotatable bonds is 7. The number of hydrogen-bond acceptors (Lipinski definition) is 7. The number of benzene rings is 2. The van der Waals surface area contributed by atoms with Crippen molar-refractivity contribution < 1.29 is 22.7 Å². The number of hydrogen-bond donors (Lipinski definition) is 0. The number of thioether (sulfide) groups is 1. The highest BCUT2D eigenvalue weighted by molar-refractivity contribution is 7.98. The van der Waals surface area contributed by atoms with Gasteiger partial charge >= 0.3 is 6.55 Å². The Hall–Kier alpha value is -3.14. The highest BCUT2D eigenvalue weighted by Crippen LogP contribution is 2.32. The first-order valence-corrected chi connectivity index (χ1v) is 9.51. The quantitative estimate of drug-likeness (QED) is 0.399. The maximum atomic E-state index is 13.5. The summed E-state index contributed by atoms with van der Waals surface area (Å²) in [6, 6.07) is 12.0. The van der Waals surface area contributed by atoms with Gasteiger partial charge in [0.2, 0.25) is 5.89 Å². The largest absolute Gasteiger partial charge is 0.497 e. The molecule has 0 bridgehead atoms. The number of nitrogens with zero attached hydrogens (tertiary/aromatic N) is 4. The van der Waals surface area contributed by atoms with Gasteiger partial charge in [-0.15, -0.1) is 10.2 Å². The van der Waals surface area contributed by atoms with Crippen LogP contribution in [0.4, 0.5) is 8.78 Å². The van der Waals surface area contributed by atoms with E-state index in [1.807, 2.05) is 0 Å². The molecular formula is C19H16F2N4O3S. The van der Waals surface area contributed by atoms with Crippen LogP contribution in [0.1, 0.15) is 12.4 Å². The lowest BCUT2D eigenvalue weighted by Crippen LogP contribution is -2.03. The lowest BCUT2D eigenvalue weighted by molar-refractivity contribution is 0.0722. The SMILES string of the molecule is COc1cc(OC)cc(-c2nnc(SCc3nc4ccccc4n3C(F)F)o2)c1. The topological polar surface area (TPSA) is 75.2 Å². The predicted octanol–water partition coefficient (Wildman–Crippen LogP) is 4.79. The van der Waals surface area contributed by atoms with Crippen LogP contribution in [0.5, 0.6) is 11.5 Å². The van der Waals surface area contributed by atoms with Crippen molar-refractivity contribution in [1.82, 2.24) is 19.7 Å². The molecule has 2 heterocycles. The summed E-state index contributed by atoms with van der Waals surface area (Å²) in [5, 5.41) is 8.26. The molecule has 4 aromatic rings. The highest BCUT2D eigenvalue weighted by atomic mass is 32.2. The number of ether oxygens (including phenoxy) is 2. The summed E-state index contributed by atoms with van der Waals surface area (Å²) >= 11 is 1.14. The van der Waals surface area contributed by atoms with Crippen LogP contribution in [0.25, 0.3) is 22.5 Å². The third kappa shape index (κ3) is 3.88. The van der Waals surface area contributed by atoms with Gasteiger partial charge in [-0.3, -0.25) is 4.57 Å². The van der Waals surface area contributed by atoms with Gasteiger partial charge in [0.1, 0.15) is 17.3 Å². The van der Waals surface area contributed by atoms with E-state index < -0.39 is 6.55 Å². The second-order valence-electron chi connectivity index (χ2n) is 5.93. The molecule has 0 N–H and O–H groups in total. The van der Waals surface area contributed by atoms with Crippen LogP contribution in [-0.4, -0.2) is 34.0 Å². The van der Waals surface area contributed by atoms with E-state index in [0.717, 1.165) is 16.3 Å². The molecule has 0 saturated carbocycles. The lowest BCUT2D eigenvalue weighted by Gasteiger charge is -2.06. The van der Waals surface area contributed by atoms with Crippen LogP contribution in [-0.2, 0) is 5.75 Å². The first-order valence-electron chi connectivity index (χ1n) is 8.53. The van der Waals surface area contributed by atoms with Crippen LogP contribution >= 0.6 is 11.8 Å². The normalized spacial score (nSPS) is 11.3. The Balaban J connectivity index is 1.57. The molecule has 0 aliphatic heterocycles. The van der Waals surface area contributed by atoms with E-state index >= 15 is 0 Å². The molecule has 2 aromatic heterocycles. The molecule has 29 heavy (non-hydrogen) atoms. The zero-order valence-corrected chi connectivity index (χ0v) is 16.3. The third-order valence-electron chi connectivity index (χ3n) is 4.19. The number of imidazole rings is 1. The van der Waals surface area contributed by atoms with Gasteiger partial charge in [0.05, 0.1) is 31.0 Å². The molecule has 150 valence electrons. The molecule has 0 saturated heterocycles. The fourth-order valence-corrected chi connectivity index (χ4v) is 3.55. The van der Waals surface area contributed by atoms with E-state index in [1.165, 1.54) is 0 Å². The van der Waals surface area contributed by atoms with Gasteiger partial charge in [0, 0.05) is 11.6 Å². The van der Waals surface area contributed by atoms with Gasteiger partial charge in [-0.2, -0.15) is 8.78 Å². The molecule has 0 aliphatic rings. The Morgan fingerprint density at radius 3 is 2.48 bits per heavy atom. The van der Waals surface area contributed by atoms with Crippen molar-refractivity contribution in [2.24, 2.45) is 0 Å². The summed E-state index contributed by atoms with van der Waals surface area (Å²) in [5.41, 5.74) is 1.52. The predicted molar refractivity (Wildman–Crippen MR) is 103 cm³/mol. The lowest BCUT2D eigenvalue weighted by atomic mass is 10.2. The van der Waals surface area contributed by atoms with Gasteiger partial charge in [-0.1, -0.05) is 23.9 Å². The minimum Gasteiger partial charge on any atom is -0.497 e. The number of aromatic nitrogens is 4. The Morgan fingerprint density at radius 2 is 1.79 bits per heavy atom. The number of para-hydroxylation sites is 2. The second kappa shape index (κ2) is 8.08. The summed E-state index contributed by atoms with van der Waals surface area (Å²) in [7, 11) is 3.09. The summed E-state index contributed by atoms with van der Waals surface area (Å²) < 4.78 is 44.1. The summed E-state index contributed by atoms with van der Waals surface area (Å²) in [4.78, 5) is 4.30. The molecule has 0 unspecified atom stereocenters. The zero-order valence-electron chi connectivity index (χ0n) is 15.5. The van der Waals surface area contributed by atoms with Gasteiger partial charge in [0.25, 0.3) is 5.22 Å². The van der Waals surface area contributed by atoms with E-state index in [4.69, 9.17) is 13.9 Å². The average Bonchev–Trinajstić information content (AvgIpc) is 3.36. The fraction of sp³-hybridized carbons (Fsp3) is 0.211. The number of halogens is 2. The van der Waals surface area contributed by atoms with Gasteiger partial charge in [0.15, 0.2) is 0 Å². The smallest absolute Gasteiger partial charge is 0.320 e. The highest BCUT2D eigenvalue weighted by Gasteiger charge is 2.19. The van der Waals surface area contributed by atoms with Crippen LogP contribution < -0.4 is 9.47 Å². The van der Waals surface area contributed by atoms with Crippen LogP contribution in [0.3, 0.4) is 0 Å². The number of fused-ring (bicyclic) bond motifs is 1. The minimum atomic E-state index is -2.69. The van der Waals surface area contributed by atoms with Crippen LogP contribution in [0.15, 0.2) is 52.1 Å². The molecule has 10 heteroatoms. The van der Waals surface area contributed by atoms with Crippen molar-refractivity contribution in [2.75, 3.05) is 14.2 Å². The van der Waals surface area contributed by atoms with Crippen molar-refractivity contribution >= 4 is 22.8 Å². The Kier molecular flexibility index (Phi) is 5.34. The second-order valence-corrected chi connectivity index (χ2v) is 6.85. The van der Waals surface area contributed by atoms with E-state index in [1.54, 1.807) is 56.7 Å². The molecule has 0 fully saturated rings. The summed E-state index contributed by atoms with van der Waals surface area (Å²) in [6.07, 6.45) is 0. The maximum Gasteiger partial charge on any atom is 0.320 e. The van der Waals surface area contributed by atoms with E-state index in [2.05, 4.69) is 15.2 Å². The fourth-order valence-electron chi connectivity index (χ4n) is 2.86. The molecule has 0 spiro atoms. The van der Waals surface area contributed by atoms with Gasteiger partial charge in [-0.25, -0.2) is 4.98 Å². The molecule has 0 atom stereocenters. The monoisotopic (exact) mass is 418 g/mol. The van der Waals surface area contributed by atoms with E-state index in [0.29, 0.717) is 28.1 Å². The molecule has 0 aliphatic carbocycles. The summed E-state index contributed by atoms with van der Waals surface area (Å²) in [6.45, 7) is -2.69. The standard InChI is InChI=1S/C19H16F2N4O3S/c1-26-12-7-11(8-13(9-12)27-2)17-23-24-19(28-17)29-10-16-22-14-5-3-4-6-15(14)25(16)18(20)21/h3-9,18H,10H2,1-2H3. The zero-order chi connectivity index (χ0) is 20.4. The Labute approximate surface area is 168 Å². The van der Waals surface area contributed by atoms with Crippen molar-refractivity contribution in [3.63, 3.8) is 0 Å². The van der Waals surface area contributed by atoms with Crippen molar-refractivity contribution in [3.05, 3.63) is 48.3 Å². The maximum absolute atomic E-state index is 13.5. The Bertz CT molecular complexity index is 1120. The Morgan fingerprint density at radius 1 is 1.07 bits per heavy atom. The molecule has 0 amide bonds. The van der Waals surface area contributed by atoms with Gasteiger partial charge < -0.3 is 13.9 Å². The van der Waals surface area contributed by atoms with Gasteiger partial charge in [-0.05, 0) is 24.3 Å². The molecular weight excluding hydrogens is 402 g/mol. The van der Waals surface area contributed by atoms with Crippen LogP contribution in [0.2, 0.25) is 0 Å².